The van der Waals surface area contributed by atoms with E-state index >= 15 is 0 Å². The number of halogens is 3. The summed E-state index contributed by atoms with van der Waals surface area (Å²) in [5.41, 5.74) is 0. The maximum Gasteiger partial charge on any atom is 0.405 e. The zero-order valence-corrected chi connectivity index (χ0v) is 7.43. The highest BCUT2D eigenvalue weighted by molar-refractivity contribution is 5.74. The van der Waals surface area contributed by atoms with Gasteiger partial charge in [0.05, 0.1) is 6.61 Å². The Kier molecular flexibility index (Phi) is 3.56. The molecule has 1 rings (SSSR count). The van der Waals surface area contributed by atoms with E-state index < -0.39 is 18.8 Å². The van der Waals surface area contributed by atoms with Crippen molar-refractivity contribution in [1.29, 1.82) is 0 Å². The number of carbonyl (C=O) groups excluding carboxylic acids is 1. The molecule has 1 N–H and O–H groups in total. The minimum atomic E-state index is -4.37. The Morgan fingerprint density at radius 1 is 1.50 bits per heavy atom. The van der Waals surface area contributed by atoms with Gasteiger partial charge in [-0.2, -0.15) is 13.2 Å². The molecule has 0 radical (unpaired) electrons. The molecule has 1 aliphatic heterocycles. The zero-order valence-electron chi connectivity index (χ0n) is 7.43. The summed E-state index contributed by atoms with van der Waals surface area (Å²) in [6.45, 7) is -0.265. The number of alkyl halides is 3. The number of nitrogens with one attached hydrogen (secondary N) is 1. The number of hydrogen-bond acceptors (Lipinski definition) is 2. The molecule has 2 amide bonds. The largest absolute Gasteiger partial charge is 0.405 e. The predicted octanol–water partition coefficient (Wildman–Crippen LogP) is 0.938. The maximum absolute atomic E-state index is 11.7. The van der Waals surface area contributed by atoms with Gasteiger partial charge < -0.3 is 15.0 Å². The second-order valence-electron chi connectivity index (χ2n) is 2.93. The van der Waals surface area contributed by atoms with Crippen LogP contribution >= 0.6 is 0 Å². The van der Waals surface area contributed by atoms with Gasteiger partial charge in [-0.25, -0.2) is 4.79 Å². The van der Waals surface area contributed by atoms with Crippen LogP contribution in [-0.2, 0) is 4.74 Å². The molecule has 0 aliphatic carbocycles. The van der Waals surface area contributed by atoms with Gasteiger partial charge in [0.25, 0.3) is 0 Å². The average Bonchev–Trinajstić information content (AvgIpc) is 2.14. The molecule has 14 heavy (non-hydrogen) atoms. The highest BCUT2D eigenvalue weighted by Gasteiger charge is 2.29. The number of carbonyl (C=O) groups is 1. The predicted molar refractivity (Wildman–Crippen MR) is 41.6 cm³/mol. The lowest BCUT2D eigenvalue weighted by atomic mass is 10.4. The van der Waals surface area contributed by atoms with E-state index in [1.807, 2.05) is 0 Å². The molecule has 0 bridgehead atoms. The van der Waals surface area contributed by atoms with Crippen molar-refractivity contribution in [3.05, 3.63) is 0 Å². The number of urea groups is 1. The van der Waals surface area contributed by atoms with Gasteiger partial charge in [-0.1, -0.05) is 0 Å². The quantitative estimate of drug-likeness (QED) is 0.702. The highest BCUT2D eigenvalue weighted by atomic mass is 19.4. The third kappa shape index (κ3) is 3.82. The van der Waals surface area contributed by atoms with Crippen LogP contribution in [0.15, 0.2) is 0 Å². The van der Waals surface area contributed by atoms with Crippen molar-refractivity contribution in [2.24, 2.45) is 0 Å². The van der Waals surface area contributed by atoms with E-state index in [0.717, 1.165) is 0 Å². The van der Waals surface area contributed by atoms with E-state index in [-0.39, 0.29) is 6.73 Å². The van der Waals surface area contributed by atoms with Crippen LogP contribution in [0.3, 0.4) is 0 Å². The van der Waals surface area contributed by atoms with Crippen molar-refractivity contribution in [1.82, 2.24) is 10.2 Å². The summed E-state index contributed by atoms with van der Waals surface area (Å²) in [6, 6.07) is -0.734. The van der Waals surface area contributed by atoms with Crippen LogP contribution in [-0.4, -0.2) is 43.5 Å². The van der Waals surface area contributed by atoms with E-state index in [0.29, 0.717) is 19.6 Å². The number of rotatable bonds is 1. The number of amides is 2. The fourth-order valence-corrected chi connectivity index (χ4v) is 1.04. The van der Waals surface area contributed by atoms with Gasteiger partial charge in [-0.15, -0.1) is 0 Å². The Hall–Kier alpha value is -0.980. The van der Waals surface area contributed by atoms with Crippen molar-refractivity contribution >= 4 is 6.03 Å². The molecule has 7 heteroatoms. The summed E-state index contributed by atoms with van der Waals surface area (Å²) in [5.74, 6) is 0. The van der Waals surface area contributed by atoms with Crippen LogP contribution in [0.25, 0.3) is 0 Å². The first-order valence-electron chi connectivity index (χ1n) is 4.16. The van der Waals surface area contributed by atoms with E-state index in [9.17, 15) is 18.0 Å². The molecule has 0 atom stereocenters. The number of nitrogens with zero attached hydrogens (tertiary/aromatic N) is 1. The second-order valence-corrected chi connectivity index (χ2v) is 2.93. The van der Waals surface area contributed by atoms with Crippen LogP contribution in [0, 0.1) is 0 Å². The summed E-state index contributed by atoms with van der Waals surface area (Å²) >= 11 is 0. The molecule has 0 saturated carbocycles. The number of ether oxygens (including phenoxy) is 1. The first kappa shape index (κ1) is 11.1. The summed E-state index contributed by atoms with van der Waals surface area (Å²) in [7, 11) is 0. The first-order chi connectivity index (χ1) is 6.49. The fraction of sp³-hybridized carbons (Fsp3) is 0.857. The summed E-state index contributed by atoms with van der Waals surface area (Å²) in [5, 5.41) is 1.77. The first-order valence-corrected chi connectivity index (χ1v) is 4.16. The SMILES string of the molecule is O=C(NCC(F)(F)F)N1CCCOC1. The van der Waals surface area contributed by atoms with Gasteiger partial charge in [0, 0.05) is 6.54 Å². The van der Waals surface area contributed by atoms with Gasteiger partial charge in [-0.3, -0.25) is 0 Å². The standard InChI is InChI=1S/C7H11F3N2O2/c8-7(9,10)4-11-6(13)12-2-1-3-14-5-12/h1-5H2,(H,11,13). The van der Waals surface area contributed by atoms with E-state index in [4.69, 9.17) is 4.74 Å². The molecule has 1 saturated heterocycles. The van der Waals surface area contributed by atoms with Crippen molar-refractivity contribution < 1.29 is 22.7 Å². The van der Waals surface area contributed by atoms with Crippen LogP contribution in [0.5, 0.6) is 0 Å². The van der Waals surface area contributed by atoms with Gasteiger partial charge >= 0.3 is 12.2 Å². The summed E-state index contributed by atoms with van der Waals surface area (Å²) in [4.78, 5) is 12.3. The van der Waals surface area contributed by atoms with E-state index in [2.05, 4.69) is 0 Å². The van der Waals surface area contributed by atoms with Gasteiger partial charge in [0.2, 0.25) is 0 Å². The number of hydrogen-bond donors (Lipinski definition) is 1. The summed E-state index contributed by atoms with van der Waals surface area (Å²) in [6.07, 6.45) is -3.72. The minimum absolute atomic E-state index is 0.0592. The lowest BCUT2D eigenvalue weighted by Gasteiger charge is -2.26. The molecular formula is C7H11F3N2O2. The van der Waals surface area contributed by atoms with Crippen molar-refractivity contribution in [3.63, 3.8) is 0 Å². The molecule has 1 aliphatic rings. The molecule has 1 heterocycles. The Bertz CT molecular complexity index is 202. The molecule has 1 fully saturated rings. The average molecular weight is 212 g/mol. The third-order valence-electron chi connectivity index (χ3n) is 1.69. The van der Waals surface area contributed by atoms with Gasteiger partial charge in [0.15, 0.2) is 0 Å². The lowest BCUT2D eigenvalue weighted by molar-refractivity contribution is -0.123. The molecule has 0 aromatic heterocycles. The van der Waals surface area contributed by atoms with Crippen molar-refractivity contribution in [2.45, 2.75) is 12.6 Å². The molecule has 0 spiro atoms. The second kappa shape index (κ2) is 4.50. The van der Waals surface area contributed by atoms with E-state index in [1.54, 1.807) is 5.32 Å². The molecule has 4 nitrogen and oxygen atoms in total. The lowest BCUT2D eigenvalue weighted by Crippen LogP contribution is -2.46. The van der Waals surface area contributed by atoms with Crippen LogP contribution in [0.1, 0.15) is 6.42 Å². The van der Waals surface area contributed by atoms with Crippen molar-refractivity contribution in [2.75, 3.05) is 26.4 Å². The summed E-state index contributed by atoms with van der Waals surface area (Å²) < 4.78 is 40.1. The molecule has 82 valence electrons. The molecule has 0 unspecified atom stereocenters. The fourth-order valence-electron chi connectivity index (χ4n) is 1.04. The smallest absolute Gasteiger partial charge is 0.361 e. The van der Waals surface area contributed by atoms with Crippen LogP contribution in [0.2, 0.25) is 0 Å². The highest BCUT2D eigenvalue weighted by Crippen LogP contribution is 2.12. The Labute approximate surface area is 79.0 Å². The maximum atomic E-state index is 11.7. The molecule has 0 aromatic rings. The normalized spacial score (nSPS) is 18.1. The topological polar surface area (TPSA) is 41.6 Å². The van der Waals surface area contributed by atoms with Crippen LogP contribution < -0.4 is 5.32 Å². The van der Waals surface area contributed by atoms with Gasteiger partial charge in [-0.05, 0) is 6.42 Å². The third-order valence-corrected chi connectivity index (χ3v) is 1.69. The Morgan fingerprint density at radius 3 is 2.71 bits per heavy atom. The minimum Gasteiger partial charge on any atom is -0.361 e. The van der Waals surface area contributed by atoms with Crippen LogP contribution in [0.4, 0.5) is 18.0 Å². The molecular weight excluding hydrogens is 201 g/mol. The van der Waals surface area contributed by atoms with Gasteiger partial charge in [0.1, 0.15) is 13.3 Å². The zero-order chi connectivity index (χ0) is 10.6. The van der Waals surface area contributed by atoms with Crippen molar-refractivity contribution in [3.8, 4) is 0 Å². The Morgan fingerprint density at radius 2 is 2.21 bits per heavy atom. The van der Waals surface area contributed by atoms with E-state index in [1.165, 1.54) is 4.90 Å². The molecule has 0 aromatic carbocycles. The monoisotopic (exact) mass is 212 g/mol. The Balaban J connectivity index is 2.27.